The highest BCUT2D eigenvalue weighted by molar-refractivity contribution is 7.16. The summed E-state index contributed by atoms with van der Waals surface area (Å²) in [7, 11) is 0. The topological polar surface area (TPSA) is 54.2 Å². The number of fused-ring (bicyclic) bond motifs is 2. The lowest BCUT2D eigenvalue weighted by Crippen LogP contribution is -2.42. The molecule has 5 heteroatoms. The molecule has 4 nitrogen and oxygen atoms in total. The molecule has 1 aromatic heterocycles. The molecule has 3 heterocycles. The number of nitrogens with one attached hydrogen (secondary N) is 1. The highest BCUT2D eigenvalue weighted by atomic mass is 32.1. The van der Waals surface area contributed by atoms with Crippen LogP contribution < -0.4 is 11.1 Å². The van der Waals surface area contributed by atoms with Gasteiger partial charge in [-0.05, 0) is 44.4 Å². The molecule has 0 bridgehead atoms. The first kappa shape index (κ1) is 12.4. The van der Waals surface area contributed by atoms with E-state index in [0.29, 0.717) is 6.04 Å². The van der Waals surface area contributed by atoms with E-state index in [9.17, 15) is 0 Å². The van der Waals surface area contributed by atoms with E-state index in [1.54, 1.807) is 11.3 Å². The van der Waals surface area contributed by atoms with Crippen LogP contribution in [0.25, 0.3) is 10.2 Å². The van der Waals surface area contributed by atoms with Gasteiger partial charge in [0.15, 0.2) is 0 Å². The average molecular weight is 288 g/mol. The van der Waals surface area contributed by atoms with E-state index in [-0.39, 0.29) is 0 Å². The highest BCUT2D eigenvalue weighted by Crippen LogP contribution is 2.33. The van der Waals surface area contributed by atoms with Gasteiger partial charge in [0, 0.05) is 18.6 Å². The predicted octanol–water partition coefficient (Wildman–Crippen LogP) is 2.92. The molecule has 0 radical (unpaired) electrons. The van der Waals surface area contributed by atoms with Gasteiger partial charge in [-0.15, -0.1) is 11.3 Å². The van der Waals surface area contributed by atoms with Crippen LogP contribution in [0.15, 0.2) is 17.6 Å². The third-order valence-electron chi connectivity index (χ3n) is 4.72. The van der Waals surface area contributed by atoms with Crippen molar-refractivity contribution in [3.05, 3.63) is 17.6 Å². The fraction of sp³-hybridized carbons (Fsp3) is 0.533. The minimum Gasteiger partial charge on any atom is -0.395 e. The Bertz CT molecular complexity index is 623. The normalized spacial score (nSPS) is 26.8. The number of aromatic nitrogens is 1. The maximum absolute atomic E-state index is 6.26. The lowest BCUT2D eigenvalue weighted by Gasteiger charge is -2.35. The number of piperidine rings is 1. The molecule has 4 rings (SSSR count). The fourth-order valence-corrected chi connectivity index (χ4v) is 4.35. The second kappa shape index (κ2) is 4.90. The molecular weight excluding hydrogens is 268 g/mol. The van der Waals surface area contributed by atoms with Crippen molar-refractivity contribution in [3.8, 4) is 0 Å². The van der Waals surface area contributed by atoms with Gasteiger partial charge >= 0.3 is 0 Å². The van der Waals surface area contributed by atoms with Crippen molar-refractivity contribution in [2.24, 2.45) is 0 Å². The van der Waals surface area contributed by atoms with Crippen molar-refractivity contribution in [2.45, 2.75) is 37.8 Å². The highest BCUT2D eigenvalue weighted by Gasteiger charge is 2.31. The van der Waals surface area contributed by atoms with Crippen LogP contribution in [0.5, 0.6) is 0 Å². The Morgan fingerprint density at radius 3 is 3.20 bits per heavy atom. The summed E-state index contributed by atoms with van der Waals surface area (Å²) in [6, 6.07) is 5.56. The van der Waals surface area contributed by atoms with Crippen molar-refractivity contribution >= 4 is 32.9 Å². The number of nitrogen functional groups attached to an aromatic ring is 1. The van der Waals surface area contributed by atoms with E-state index in [1.807, 2.05) is 5.51 Å². The van der Waals surface area contributed by atoms with Crippen LogP contribution >= 0.6 is 11.3 Å². The smallest absolute Gasteiger partial charge is 0.106 e. The maximum atomic E-state index is 6.26. The van der Waals surface area contributed by atoms with E-state index in [2.05, 4.69) is 27.3 Å². The largest absolute Gasteiger partial charge is 0.395 e. The number of hydrogen-bond donors (Lipinski definition) is 2. The summed E-state index contributed by atoms with van der Waals surface area (Å²) in [5, 5.41) is 3.66. The Morgan fingerprint density at radius 2 is 2.25 bits per heavy atom. The van der Waals surface area contributed by atoms with Crippen molar-refractivity contribution < 1.29 is 0 Å². The first-order chi connectivity index (χ1) is 9.81. The van der Waals surface area contributed by atoms with Crippen molar-refractivity contribution in [2.75, 3.05) is 24.1 Å². The van der Waals surface area contributed by atoms with E-state index in [0.717, 1.165) is 22.9 Å². The second-order valence-electron chi connectivity index (χ2n) is 5.92. The van der Waals surface area contributed by atoms with E-state index in [1.165, 1.54) is 43.5 Å². The molecule has 2 aliphatic rings. The van der Waals surface area contributed by atoms with Gasteiger partial charge in [-0.3, -0.25) is 0 Å². The minimum atomic E-state index is 0.549. The lowest BCUT2D eigenvalue weighted by molar-refractivity contribution is 0.188. The predicted molar refractivity (Wildman–Crippen MR) is 85.3 cm³/mol. The number of hydrogen-bond acceptors (Lipinski definition) is 5. The number of anilines is 2. The Kier molecular flexibility index (Phi) is 3.04. The zero-order valence-electron chi connectivity index (χ0n) is 11.5. The first-order valence-electron chi connectivity index (χ1n) is 7.43. The molecule has 2 saturated heterocycles. The molecule has 20 heavy (non-hydrogen) atoms. The molecule has 2 aliphatic heterocycles. The van der Waals surface area contributed by atoms with E-state index in [4.69, 9.17) is 5.73 Å². The molecule has 0 spiro atoms. The van der Waals surface area contributed by atoms with Gasteiger partial charge in [0.1, 0.15) is 5.52 Å². The van der Waals surface area contributed by atoms with Gasteiger partial charge in [-0.25, -0.2) is 4.98 Å². The number of nitrogens with zero attached hydrogens (tertiary/aromatic N) is 2. The molecule has 3 N–H and O–H groups in total. The zero-order valence-corrected chi connectivity index (χ0v) is 12.3. The van der Waals surface area contributed by atoms with Crippen molar-refractivity contribution in [3.63, 3.8) is 0 Å². The average Bonchev–Trinajstić information content (AvgIpc) is 3.10. The van der Waals surface area contributed by atoms with Gasteiger partial charge < -0.3 is 16.0 Å². The summed E-state index contributed by atoms with van der Waals surface area (Å²) in [5.41, 5.74) is 10.9. The Hall–Kier alpha value is -1.33. The molecular formula is C15H20N4S. The SMILES string of the molecule is Nc1c(NC2CCN3CCCC3C2)ccc2scnc12. The van der Waals surface area contributed by atoms with Crippen LogP contribution in [0.1, 0.15) is 25.7 Å². The molecule has 2 aromatic rings. The van der Waals surface area contributed by atoms with Crippen LogP contribution in [0, 0.1) is 0 Å². The quantitative estimate of drug-likeness (QED) is 0.834. The van der Waals surface area contributed by atoms with Gasteiger partial charge in [0.25, 0.3) is 0 Å². The number of thiazole rings is 1. The van der Waals surface area contributed by atoms with Gasteiger partial charge in [-0.2, -0.15) is 0 Å². The third-order valence-corrected chi connectivity index (χ3v) is 5.52. The van der Waals surface area contributed by atoms with Crippen molar-refractivity contribution in [1.29, 1.82) is 0 Å². The van der Waals surface area contributed by atoms with Crippen LogP contribution in [0.2, 0.25) is 0 Å². The summed E-state index contributed by atoms with van der Waals surface area (Å²) in [4.78, 5) is 7.01. The minimum absolute atomic E-state index is 0.549. The number of benzene rings is 1. The van der Waals surface area contributed by atoms with Crippen LogP contribution in [-0.2, 0) is 0 Å². The van der Waals surface area contributed by atoms with Crippen molar-refractivity contribution in [1.82, 2.24) is 9.88 Å². The molecule has 2 fully saturated rings. The summed E-state index contributed by atoms with van der Waals surface area (Å²) in [6.07, 6.45) is 5.18. The van der Waals surface area contributed by atoms with E-state index >= 15 is 0 Å². The molecule has 2 unspecified atom stereocenters. The Labute approximate surface area is 123 Å². The van der Waals surface area contributed by atoms with Gasteiger partial charge in [0.2, 0.25) is 0 Å². The summed E-state index contributed by atoms with van der Waals surface area (Å²) >= 11 is 1.64. The maximum Gasteiger partial charge on any atom is 0.106 e. The summed E-state index contributed by atoms with van der Waals surface area (Å²) < 4.78 is 1.17. The third kappa shape index (κ3) is 2.05. The summed E-state index contributed by atoms with van der Waals surface area (Å²) in [5.74, 6) is 0. The molecule has 2 atom stereocenters. The lowest BCUT2D eigenvalue weighted by atomic mass is 9.97. The Balaban J connectivity index is 1.54. The second-order valence-corrected chi connectivity index (χ2v) is 6.81. The summed E-state index contributed by atoms with van der Waals surface area (Å²) in [6.45, 7) is 2.52. The van der Waals surface area contributed by atoms with E-state index < -0.39 is 0 Å². The molecule has 0 saturated carbocycles. The Morgan fingerprint density at radius 1 is 1.30 bits per heavy atom. The van der Waals surface area contributed by atoms with Crippen LogP contribution in [-0.4, -0.2) is 35.1 Å². The number of nitrogens with two attached hydrogens (primary N) is 1. The number of rotatable bonds is 2. The van der Waals surface area contributed by atoms with Crippen LogP contribution in [0.4, 0.5) is 11.4 Å². The zero-order chi connectivity index (χ0) is 13.5. The standard InChI is InChI=1S/C15H20N4S/c16-14-12(3-4-13-15(14)17-9-20-13)18-10-5-7-19-6-1-2-11(19)8-10/h3-4,9-11,18H,1-2,5-8,16H2. The first-order valence-corrected chi connectivity index (χ1v) is 8.31. The van der Waals surface area contributed by atoms with Gasteiger partial charge in [-0.1, -0.05) is 0 Å². The molecule has 0 aliphatic carbocycles. The monoisotopic (exact) mass is 288 g/mol. The molecule has 0 amide bonds. The van der Waals surface area contributed by atoms with Crippen LogP contribution in [0.3, 0.4) is 0 Å². The molecule has 1 aromatic carbocycles. The molecule has 106 valence electrons. The van der Waals surface area contributed by atoms with Gasteiger partial charge in [0.05, 0.1) is 21.6 Å². The fourth-order valence-electron chi connectivity index (χ4n) is 3.65.